The highest BCUT2D eigenvalue weighted by Crippen LogP contribution is 2.17. The molecule has 3 saturated heterocycles. The topological polar surface area (TPSA) is 81.2 Å². The number of hydrogen-bond acceptors (Lipinski definition) is 5. The summed E-state index contributed by atoms with van der Waals surface area (Å²) in [7, 11) is 0. The van der Waals surface area contributed by atoms with Crippen molar-refractivity contribution in [3.05, 3.63) is 35.4 Å². The Balaban J connectivity index is 1.26. The van der Waals surface area contributed by atoms with Crippen LogP contribution in [-0.2, 0) is 20.9 Å². The van der Waals surface area contributed by atoms with Gasteiger partial charge in [0.05, 0.1) is 13.1 Å². The first-order valence-electron chi connectivity index (χ1n) is 11.2. The van der Waals surface area contributed by atoms with Gasteiger partial charge in [-0.1, -0.05) is 12.1 Å². The summed E-state index contributed by atoms with van der Waals surface area (Å²) in [6.45, 7) is 5.03. The lowest BCUT2D eigenvalue weighted by Gasteiger charge is -2.36. The van der Waals surface area contributed by atoms with Crippen molar-refractivity contribution in [3.63, 3.8) is 0 Å². The van der Waals surface area contributed by atoms with Crippen LogP contribution < -0.4 is 0 Å². The molecule has 4 amide bonds. The maximum Gasteiger partial charge on any atom is 0.253 e. The summed E-state index contributed by atoms with van der Waals surface area (Å²) in [5, 5.41) is 0. The number of rotatable bonds is 5. The predicted molar refractivity (Wildman–Crippen MR) is 114 cm³/mol. The third-order valence-corrected chi connectivity index (χ3v) is 6.42. The molecule has 3 fully saturated rings. The SMILES string of the molecule is O=C(CN1CCN(C(=O)c2ccc(CN3C(=O)CCC3=O)cc2)CC1)N1CCCCC1. The van der Waals surface area contributed by atoms with E-state index in [0.29, 0.717) is 38.3 Å². The molecule has 0 radical (unpaired) electrons. The summed E-state index contributed by atoms with van der Waals surface area (Å²) in [4.78, 5) is 56.0. The minimum absolute atomic E-state index is 0.0260. The van der Waals surface area contributed by atoms with Gasteiger partial charge in [-0.2, -0.15) is 0 Å². The van der Waals surface area contributed by atoms with Gasteiger partial charge >= 0.3 is 0 Å². The van der Waals surface area contributed by atoms with E-state index in [1.807, 2.05) is 9.80 Å². The Morgan fingerprint density at radius 2 is 1.35 bits per heavy atom. The lowest BCUT2D eigenvalue weighted by atomic mass is 10.1. The minimum atomic E-state index is -0.137. The van der Waals surface area contributed by atoms with Crippen molar-refractivity contribution in [3.8, 4) is 0 Å². The van der Waals surface area contributed by atoms with Crippen LogP contribution in [0.2, 0.25) is 0 Å². The van der Waals surface area contributed by atoms with Crippen LogP contribution in [0.5, 0.6) is 0 Å². The minimum Gasteiger partial charge on any atom is -0.342 e. The van der Waals surface area contributed by atoms with Gasteiger partial charge in [-0.25, -0.2) is 0 Å². The first-order valence-corrected chi connectivity index (χ1v) is 11.2. The predicted octanol–water partition coefficient (Wildman–Crippen LogP) is 1.11. The van der Waals surface area contributed by atoms with Gasteiger partial charge in [-0.05, 0) is 37.0 Å². The van der Waals surface area contributed by atoms with E-state index in [4.69, 9.17) is 0 Å². The Morgan fingerprint density at radius 3 is 1.97 bits per heavy atom. The van der Waals surface area contributed by atoms with E-state index in [-0.39, 0.29) is 43.0 Å². The number of amides is 4. The molecule has 3 aliphatic rings. The number of nitrogens with zero attached hydrogens (tertiary/aromatic N) is 4. The molecule has 8 heteroatoms. The van der Waals surface area contributed by atoms with E-state index in [0.717, 1.165) is 31.5 Å². The molecule has 0 atom stereocenters. The Kier molecular flexibility index (Phi) is 6.65. The van der Waals surface area contributed by atoms with Gasteiger partial charge in [-0.3, -0.25) is 29.0 Å². The molecule has 4 rings (SSSR count). The average Bonchev–Trinajstić information content (AvgIpc) is 3.12. The van der Waals surface area contributed by atoms with Gasteiger partial charge in [0.1, 0.15) is 0 Å². The molecule has 1 aromatic carbocycles. The van der Waals surface area contributed by atoms with Gasteiger partial charge in [-0.15, -0.1) is 0 Å². The molecule has 0 spiro atoms. The number of imide groups is 1. The highest BCUT2D eigenvalue weighted by atomic mass is 16.2. The molecule has 0 saturated carbocycles. The Hall–Kier alpha value is -2.74. The second-order valence-corrected chi connectivity index (χ2v) is 8.58. The molecule has 0 aromatic heterocycles. The number of piperidine rings is 1. The lowest BCUT2D eigenvalue weighted by molar-refractivity contribution is -0.139. The fraction of sp³-hybridized carbons (Fsp3) is 0.565. The Bertz CT molecular complexity index is 824. The van der Waals surface area contributed by atoms with Crippen LogP contribution in [0.1, 0.15) is 48.0 Å². The molecule has 0 bridgehead atoms. The van der Waals surface area contributed by atoms with Crippen molar-refractivity contribution < 1.29 is 19.2 Å². The zero-order chi connectivity index (χ0) is 21.8. The second kappa shape index (κ2) is 9.60. The molecule has 3 aliphatic heterocycles. The van der Waals surface area contributed by atoms with Crippen molar-refractivity contribution in [2.75, 3.05) is 45.8 Å². The van der Waals surface area contributed by atoms with E-state index in [2.05, 4.69) is 4.90 Å². The van der Waals surface area contributed by atoms with Crippen LogP contribution in [0, 0.1) is 0 Å². The van der Waals surface area contributed by atoms with Crippen LogP contribution in [0.15, 0.2) is 24.3 Å². The van der Waals surface area contributed by atoms with E-state index in [1.54, 1.807) is 24.3 Å². The standard InChI is InChI=1S/C23H30N4O4/c28-20-8-9-21(29)27(20)16-18-4-6-19(7-5-18)23(31)26-14-12-24(13-15-26)17-22(30)25-10-2-1-3-11-25/h4-7H,1-3,8-17H2. The van der Waals surface area contributed by atoms with Crippen molar-refractivity contribution in [1.82, 2.24) is 19.6 Å². The van der Waals surface area contributed by atoms with Crippen molar-refractivity contribution >= 4 is 23.6 Å². The molecule has 1 aromatic rings. The van der Waals surface area contributed by atoms with Gasteiger partial charge < -0.3 is 9.80 Å². The molecule has 3 heterocycles. The number of piperazine rings is 1. The number of hydrogen-bond donors (Lipinski definition) is 0. The Labute approximate surface area is 182 Å². The highest BCUT2D eigenvalue weighted by molar-refractivity contribution is 6.01. The molecule has 31 heavy (non-hydrogen) atoms. The summed E-state index contributed by atoms with van der Waals surface area (Å²) >= 11 is 0. The quantitative estimate of drug-likeness (QED) is 0.659. The van der Waals surface area contributed by atoms with Gasteiger partial charge in [0.25, 0.3) is 5.91 Å². The van der Waals surface area contributed by atoms with Gasteiger partial charge in [0.15, 0.2) is 0 Å². The molecular formula is C23H30N4O4. The number of carbonyl (C=O) groups excluding carboxylic acids is 4. The molecule has 0 N–H and O–H groups in total. The summed E-state index contributed by atoms with van der Waals surface area (Å²) < 4.78 is 0. The number of carbonyl (C=O) groups is 4. The van der Waals surface area contributed by atoms with Gasteiger partial charge in [0, 0.05) is 57.7 Å². The van der Waals surface area contributed by atoms with Crippen LogP contribution in [-0.4, -0.2) is 89.0 Å². The zero-order valence-corrected chi connectivity index (χ0v) is 17.9. The summed E-state index contributed by atoms with van der Waals surface area (Å²) in [5.74, 6) is -0.101. The molecule has 166 valence electrons. The fourth-order valence-electron chi connectivity index (χ4n) is 4.46. The number of benzene rings is 1. The average molecular weight is 427 g/mol. The lowest BCUT2D eigenvalue weighted by Crippen LogP contribution is -2.52. The number of likely N-dealkylation sites (tertiary alicyclic amines) is 2. The van der Waals surface area contributed by atoms with Gasteiger partial charge in [0.2, 0.25) is 17.7 Å². The smallest absolute Gasteiger partial charge is 0.253 e. The molecular weight excluding hydrogens is 396 g/mol. The normalized spacial score (nSPS) is 20.5. The third-order valence-electron chi connectivity index (χ3n) is 6.42. The molecule has 8 nitrogen and oxygen atoms in total. The molecule has 0 unspecified atom stereocenters. The van der Waals surface area contributed by atoms with Crippen LogP contribution >= 0.6 is 0 Å². The largest absolute Gasteiger partial charge is 0.342 e. The molecule has 0 aliphatic carbocycles. The van der Waals surface area contributed by atoms with E-state index < -0.39 is 0 Å². The van der Waals surface area contributed by atoms with Crippen LogP contribution in [0.4, 0.5) is 0 Å². The second-order valence-electron chi connectivity index (χ2n) is 8.58. The summed E-state index contributed by atoms with van der Waals surface area (Å²) in [6.07, 6.45) is 3.96. The summed E-state index contributed by atoms with van der Waals surface area (Å²) in [6, 6.07) is 7.13. The zero-order valence-electron chi connectivity index (χ0n) is 17.9. The van der Waals surface area contributed by atoms with Crippen LogP contribution in [0.25, 0.3) is 0 Å². The van der Waals surface area contributed by atoms with Crippen LogP contribution in [0.3, 0.4) is 0 Å². The van der Waals surface area contributed by atoms with Crippen molar-refractivity contribution in [2.24, 2.45) is 0 Å². The highest BCUT2D eigenvalue weighted by Gasteiger charge is 2.29. The third kappa shape index (κ3) is 5.12. The fourth-order valence-corrected chi connectivity index (χ4v) is 4.46. The summed E-state index contributed by atoms with van der Waals surface area (Å²) in [5.41, 5.74) is 1.43. The van der Waals surface area contributed by atoms with E-state index >= 15 is 0 Å². The van der Waals surface area contributed by atoms with E-state index in [1.165, 1.54) is 11.3 Å². The van der Waals surface area contributed by atoms with Crippen molar-refractivity contribution in [2.45, 2.75) is 38.6 Å². The van der Waals surface area contributed by atoms with E-state index in [9.17, 15) is 19.2 Å². The monoisotopic (exact) mass is 426 g/mol. The maximum absolute atomic E-state index is 12.8. The maximum atomic E-state index is 12.8. The first-order chi connectivity index (χ1) is 15.0. The van der Waals surface area contributed by atoms with Crippen molar-refractivity contribution in [1.29, 1.82) is 0 Å². The first kappa shape index (κ1) is 21.5. The Morgan fingerprint density at radius 1 is 0.742 bits per heavy atom.